The summed E-state index contributed by atoms with van der Waals surface area (Å²) in [5.41, 5.74) is 0. The third kappa shape index (κ3) is 2.68. The zero-order valence-electron chi connectivity index (χ0n) is 7.97. The molecule has 0 aliphatic rings. The first-order valence-electron chi connectivity index (χ1n) is 4.05. The third-order valence-electron chi connectivity index (χ3n) is 1.37. The number of aromatic nitrogens is 1. The van der Waals surface area contributed by atoms with Crippen molar-refractivity contribution in [1.82, 2.24) is 4.98 Å². The molecule has 0 aromatic carbocycles. The molecule has 1 aromatic rings. The van der Waals surface area contributed by atoms with E-state index in [1.54, 1.807) is 19.9 Å². The summed E-state index contributed by atoms with van der Waals surface area (Å²) >= 11 is 0. The molecule has 0 aliphatic carbocycles. The predicted molar refractivity (Wildman–Crippen MR) is 51.4 cm³/mol. The van der Waals surface area contributed by atoms with Gasteiger partial charge >= 0.3 is 0 Å². The quantitative estimate of drug-likeness (QED) is 0.798. The fraction of sp³-hybridized carbons (Fsp3) is 0.375. The highest BCUT2D eigenvalue weighted by atomic mass is 32.2. The van der Waals surface area contributed by atoms with Crippen LogP contribution in [0.25, 0.3) is 0 Å². The van der Waals surface area contributed by atoms with Gasteiger partial charge in [-0.15, -0.1) is 0 Å². The standard InChI is InChI=1S/C8H12N2O3S/c1-6(2)13-7-4-3-5-10-8(7)14(9,11)12/h3-6H,1-2H3,(H2,9,11,12). The Labute approximate surface area is 83.0 Å². The number of ether oxygens (including phenoxy) is 1. The largest absolute Gasteiger partial charge is 0.488 e. The smallest absolute Gasteiger partial charge is 0.259 e. The second kappa shape index (κ2) is 3.93. The van der Waals surface area contributed by atoms with Gasteiger partial charge in [0, 0.05) is 6.20 Å². The van der Waals surface area contributed by atoms with Gasteiger partial charge in [-0.05, 0) is 26.0 Å². The van der Waals surface area contributed by atoms with Crippen LogP contribution in [0.15, 0.2) is 23.4 Å². The lowest BCUT2D eigenvalue weighted by Gasteiger charge is -2.11. The summed E-state index contributed by atoms with van der Waals surface area (Å²) in [6.07, 6.45) is 1.23. The summed E-state index contributed by atoms with van der Waals surface area (Å²) in [6.45, 7) is 3.58. The number of rotatable bonds is 3. The van der Waals surface area contributed by atoms with Gasteiger partial charge in [0.1, 0.15) is 0 Å². The molecule has 78 valence electrons. The summed E-state index contributed by atoms with van der Waals surface area (Å²) in [5.74, 6) is 0.185. The molecular formula is C8H12N2O3S. The van der Waals surface area contributed by atoms with Crippen molar-refractivity contribution in [2.24, 2.45) is 5.14 Å². The van der Waals surface area contributed by atoms with E-state index >= 15 is 0 Å². The minimum atomic E-state index is -3.82. The van der Waals surface area contributed by atoms with Crippen LogP contribution >= 0.6 is 0 Å². The molecule has 0 saturated carbocycles. The molecule has 2 N–H and O–H groups in total. The zero-order chi connectivity index (χ0) is 10.8. The highest BCUT2D eigenvalue weighted by Gasteiger charge is 2.16. The van der Waals surface area contributed by atoms with Crippen LogP contribution in [-0.2, 0) is 10.0 Å². The van der Waals surface area contributed by atoms with Crippen molar-refractivity contribution in [3.05, 3.63) is 18.3 Å². The van der Waals surface area contributed by atoms with Crippen LogP contribution in [0.1, 0.15) is 13.8 Å². The van der Waals surface area contributed by atoms with Crippen molar-refractivity contribution in [3.8, 4) is 5.75 Å². The van der Waals surface area contributed by atoms with Crippen LogP contribution < -0.4 is 9.88 Å². The molecule has 1 aromatic heterocycles. The number of nitrogens with zero attached hydrogens (tertiary/aromatic N) is 1. The summed E-state index contributed by atoms with van der Waals surface area (Å²) in [7, 11) is -3.82. The van der Waals surface area contributed by atoms with E-state index in [9.17, 15) is 8.42 Å². The molecule has 5 nitrogen and oxygen atoms in total. The van der Waals surface area contributed by atoms with Gasteiger partial charge in [0.15, 0.2) is 5.75 Å². The number of sulfonamides is 1. The van der Waals surface area contributed by atoms with Crippen molar-refractivity contribution < 1.29 is 13.2 Å². The van der Waals surface area contributed by atoms with E-state index < -0.39 is 10.0 Å². The Kier molecular flexibility index (Phi) is 3.07. The molecule has 14 heavy (non-hydrogen) atoms. The van der Waals surface area contributed by atoms with Crippen LogP contribution in [0.3, 0.4) is 0 Å². The highest BCUT2D eigenvalue weighted by molar-refractivity contribution is 7.89. The van der Waals surface area contributed by atoms with Crippen molar-refractivity contribution in [1.29, 1.82) is 0 Å². The Hall–Kier alpha value is -1.14. The fourth-order valence-corrected chi connectivity index (χ4v) is 1.54. The highest BCUT2D eigenvalue weighted by Crippen LogP contribution is 2.20. The maximum Gasteiger partial charge on any atom is 0.259 e. The first-order valence-corrected chi connectivity index (χ1v) is 5.60. The molecular weight excluding hydrogens is 204 g/mol. The van der Waals surface area contributed by atoms with Gasteiger partial charge in [0.25, 0.3) is 10.0 Å². The molecule has 0 bridgehead atoms. The summed E-state index contributed by atoms with van der Waals surface area (Å²) in [5, 5.41) is 4.73. The second-order valence-electron chi connectivity index (χ2n) is 3.02. The summed E-state index contributed by atoms with van der Waals surface area (Å²) < 4.78 is 27.4. The fourth-order valence-electron chi connectivity index (χ4n) is 0.933. The maximum atomic E-state index is 11.1. The van der Waals surface area contributed by atoms with E-state index in [2.05, 4.69) is 4.98 Å². The molecule has 0 atom stereocenters. The first kappa shape index (κ1) is 10.9. The lowest BCUT2D eigenvalue weighted by atomic mass is 10.4. The number of hydrogen-bond donors (Lipinski definition) is 1. The van der Waals surface area contributed by atoms with Crippen molar-refractivity contribution >= 4 is 10.0 Å². The summed E-state index contributed by atoms with van der Waals surface area (Å²) in [6, 6.07) is 3.11. The number of nitrogens with two attached hydrogens (primary N) is 1. The molecule has 0 saturated heterocycles. The number of primary sulfonamides is 1. The van der Waals surface area contributed by atoms with Gasteiger partial charge in [-0.25, -0.2) is 18.5 Å². The van der Waals surface area contributed by atoms with Crippen molar-refractivity contribution in [2.75, 3.05) is 0 Å². The van der Waals surface area contributed by atoms with Crippen LogP contribution in [0.4, 0.5) is 0 Å². The van der Waals surface area contributed by atoms with Gasteiger partial charge in [0.05, 0.1) is 6.10 Å². The maximum absolute atomic E-state index is 11.1. The van der Waals surface area contributed by atoms with E-state index in [1.807, 2.05) is 0 Å². The lowest BCUT2D eigenvalue weighted by Crippen LogP contribution is -2.17. The van der Waals surface area contributed by atoms with Crippen LogP contribution in [0.2, 0.25) is 0 Å². The Balaban J connectivity index is 3.17. The van der Waals surface area contributed by atoms with Gasteiger partial charge in [0.2, 0.25) is 5.03 Å². The SMILES string of the molecule is CC(C)Oc1cccnc1S(N)(=O)=O. The third-order valence-corrected chi connectivity index (χ3v) is 2.21. The van der Waals surface area contributed by atoms with E-state index in [-0.39, 0.29) is 16.9 Å². The van der Waals surface area contributed by atoms with Gasteiger partial charge in [-0.2, -0.15) is 0 Å². The molecule has 0 amide bonds. The monoisotopic (exact) mass is 216 g/mol. The minimum absolute atomic E-state index is 0.125. The molecule has 1 heterocycles. The molecule has 0 radical (unpaired) electrons. The van der Waals surface area contributed by atoms with E-state index in [1.165, 1.54) is 12.3 Å². The predicted octanol–water partition coefficient (Wildman–Crippen LogP) is 0.516. The average molecular weight is 216 g/mol. The van der Waals surface area contributed by atoms with E-state index in [0.29, 0.717) is 0 Å². The second-order valence-corrected chi connectivity index (χ2v) is 4.50. The van der Waals surface area contributed by atoms with E-state index in [4.69, 9.17) is 9.88 Å². The minimum Gasteiger partial charge on any atom is -0.488 e. The number of pyridine rings is 1. The van der Waals surface area contributed by atoms with Crippen LogP contribution in [0, 0.1) is 0 Å². The Morgan fingerprint density at radius 1 is 1.50 bits per heavy atom. The Bertz CT molecular complexity index is 414. The molecule has 0 fully saturated rings. The number of hydrogen-bond acceptors (Lipinski definition) is 4. The van der Waals surface area contributed by atoms with Crippen molar-refractivity contribution in [3.63, 3.8) is 0 Å². The average Bonchev–Trinajstić information content (AvgIpc) is 2.01. The lowest BCUT2D eigenvalue weighted by molar-refractivity contribution is 0.234. The Morgan fingerprint density at radius 3 is 2.64 bits per heavy atom. The van der Waals surface area contributed by atoms with E-state index in [0.717, 1.165) is 0 Å². The zero-order valence-corrected chi connectivity index (χ0v) is 8.78. The van der Waals surface area contributed by atoms with Gasteiger partial charge in [-0.3, -0.25) is 0 Å². The first-order chi connectivity index (χ1) is 6.41. The van der Waals surface area contributed by atoms with Crippen LogP contribution in [-0.4, -0.2) is 19.5 Å². The molecule has 6 heteroatoms. The normalized spacial score (nSPS) is 11.7. The van der Waals surface area contributed by atoms with Crippen LogP contribution in [0.5, 0.6) is 5.75 Å². The van der Waals surface area contributed by atoms with Crippen molar-refractivity contribution in [2.45, 2.75) is 25.0 Å². The topological polar surface area (TPSA) is 82.3 Å². The molecule has 0 spiro atoms. The van der Waals surface area contributed by atoms with Gasteiger partial charge < -0.3 is 4.74 Å². The molecule has 1 rings (SSSR count). The summed E-state index contributed by atoms with van der Waals surface area (Å²) in [4.78, 5) is 3.67. The molecule has 0 unspecified atom stereocenters. The van der Waals surface area contributed by atoms with Gasteiger partial charge in [-0.1, -0.05) is 0 Å². The Morgan fingerprint density at radius 2 is 2.14 bits per heavy atom. The molecule has 0 aliphatic heterocycles.